The maximum atomic E-state index is 13.0. The van der Waals surface area contributed by atoms with E-state index in [0.717, 1.165) is 40.8 Å². The number of carbonyl (C=O) groups excluding carboxylic acids is 1. The normalized spacial score (nSPS) is 13.3. The van der Waals surface area contributed by atoms with E-state index < -0.39 is 0 Å². The smallest absolute Gasteiger partial charge is 0.262 e. The molecular formula is C23H27N3O3S. The average molecular weight is 426 g/mol. The van der Waals surface area contributed by atoms with Gasteiger partial charge in [-0.3, -0.25) is 14.2 Å². The van der Waals surface area contributed by atoms with Crippen molar-refractivity contribution in [2.75, 3.05) is 20.2 Å². The number of rotatable bonds is 7. The molecule has 0 spiro atoms. The fraction of sp³-hybridized carbons (Fsp3) is 0.435. The van der Waals surface area contributed by atoms with E-state index in [9.17, 15) is 9.59 Å². The maximum absolute atomic E-state index is 13.0. The van der Waals surface area contributed by atoms with Gasteiger partial charge >= 0.3 is 0 Å². The van der Waals surface area contributed by atoms with E-state index >= 15 is 0 Å². The third-order valence-corrected chi connectivity index (χ3v) is 6.91. The van der Waals surface area contributed by atoms with Crippen molar-refractivity contribution in [1.82, 2.24) is 14.5 Å². The number of amides is 1. The lowest BCUT2D eigenvalue weighted by Gasteiger charge is -2.18. The molecule has 0 radical (unpaired) electrons. The van der Waals surface area contributed by atoms with Crippen molar-refractivity contribution in [2.24, 2.45) is 0 Å². The van der Waals surface area contributed by atoms with E-state index in [0.29, 0.717) is 19.7 Å². The highest BCUT2D eigenvalue weighted by Crippen LogP contribution is 2.33. The minimum atomic E-state index is -0.0160. The van der Waals surface area contributed by atoms with Gasteiger partial charge < -0.3 is 9.64 Å². The Morgan fingerprint density at radius 2 is 2.07 bits per heavy atom. The fourth-order valence-electron chi connectivity index (χ4n) is 3.88. The SMILES string of the molecule is Cc1ccccc1OCCN(C)C(=O)CCn1cnc2sc3c(c2c1=O)CCCC3. The number of para-hydroxylation sites is 1. The zero-order valence-electron chi connectivity index (χ0n) is 17.5. The summed E-state index contributed by atoms with van der Waals surface area (Å²) in [5.41, 5.74) is 2.24. The summed E-state index contributed by atoms with van der Waals surface area (Å²) in [7, 11) is 1.77. The Balaban J connectivity index is 1.35. The van der Waals surface area contributed by atoms with E-state index in [4.69, 9.17) is 4.74 Å². The van der Waals surface area contributed by atoms with Crippen molar-refractivity contribution in [3.63, 3.8) is 0 Å². The van der Waals surface area contributed by atoms with E-state index in [1.807, 2.05) is 31.2 Å². The molecule has 0 fully saturated rings. The van der Waals surface area contributed by atoms with Gasteiger partial charge in [-0.15, -0.1) is 11.3 Å². The van der Waals surface area contributed by atoms with Crippen LogP contribution in [-0.2, 0) is 24.2 Å². The molecule has 2 aromatic heterocycles. The van der Waals surface area contributed by atoms with Crippen LogP contribution in [0.3, 0.4) is 0 Å². The summed E-state index contributed by atoms with van der Waals surface area (Å²) in [6, 6.07) is 7.83. The van der Waals surface area contributed by atoms with Crippen LogP contribution < -0.4 is 10.3 Å². The molecule has 7 heteroatoms. The van der Waals surface area contributed by atoms with Crippen LogP contribution >= 0.6 is 11.3 Å². The molecule has 0 aliphatic heterocycles. The van der Waals surface area contributed by atoms with Crippen LogP contribution in [0.25, 0.3) is 10.2 Å². The molecule has 1 aliphatic rings. The van der Waals surface area contributed by atoms with Gasteiger partial charge in [0.25, 0.3) is 5.56 Å². The topological polar surface area (TPSA) is 64.4 Å². The standard InChI is InChI=1S/C23H27N3O3S/c1-16-7-3-5-9-18(16)29-14-13-25(2)20(27)11-12-26-15-24-22-21(23(26)28)17-8-4-6-10-19(17)30-22/h3,5,7,9,15H,4,6,8,10-14H2,1-2H3. The van der Waals surface area contributed by atoms with Gasteiger partial charge in [0, 0.05) is 24.9 Å². The Morgan fingerprint density at radius 1 is 1.27 bits per heavy atom. The largest absolute Gasteiger partial charge is 0.491 e. The molecule has 0 atom stereocenters. The molecule has 0 N–H and O–H groups in total. The summed E-state index contributed by atoms with van der Waals surface area (Å²) in [6.07, 6.45) is 6.16. The fourth-order valence-corrected chi connectivity index (χ4v) is 5.10. The lowest BCUT2D eigenvalue weighted by molar-refractivity contribution is -0.130. The van der Waals surface area contributed by atoms with Gasteiger partial charge in [0.15, 0.2) is 0 Å². The van der Waals surface area contributed by atoms with Crippen molar-refractivity contribution in [1.29, 1.82) is 0 Å². The van der Waals surface area contributed by atoms with E-state index in [1.165, 1.54) is 16.9 Å². The third kappa shape index (κ3) is 4.26. The first-order chi connectivity index (χ1) is 14.5. The Labute approximate surface area is 180 Å². The molecule has 0 saturated heterocycles. The monoisotopic (exact) mass is 425 g/mol. The summed E-state index contributed by atoms with van der Waals surface area (Å²) in [6.45, 7) is 3.27. The van der Waals surface area contributed by atoms with Gasteiger partial charge in [-0.2, -0.15) is 0 Å². The van der Waals surface area contributed by atoms with E-state index in [-0.39, 0.29) is 17.9 Å². The van der Waals surface area contributed by atoms with Crippen molar-refractivity contribution in [2.45, 2.75) is 45.6 Å². The van der Waals surface area contributed by atoms with Gasteiger partial charge in [-0.05, 0) is 49.8 Å². The quantitative estimate of drug-likeness (QED) is 0.581. The van der Waals surface area contributed by atoms with Gasteiger partial charge in [0.1, 0.15) is 17.2 Å². The van der Waals surface area contributed by atoms with Crippen LogP contribution in [0.15, 0.2) is 35.4 Å². The van der Waals surface area contributed by atoms with Crippen molar-refractivity contribution in [3.05, 3.63) is 57.0 Å². The van der Waals surface area contributed by atoms with Crippen LogP contribution in [-0.4, -0.2) is 40.6 Å². The number of aryl methyl sites for hydroxylation is 4. The summed E-state index contributed by atoms with van der Waals surface area (Å²) in [5, 5.41) is 0.768. The molecule has 1 aromatic carbocycles. The van der Waals surface area contributed by atoms with Crippen molar-refractivity contribution >= 4 is 27.5 Å². The molecule has 3 aromatic rings. The summed E-state index contributed by atoms with van der Waals surface area (Å²) in [4.78, 5) is 33.8. The molecule has 0 saturated carbocycles. The first-order valence-corrected chi connectivity index (χ1v) is 11.3. The number of likely N-dealkylation sites (N-methyl/N-ethyl adjacent to an activating group) is 1. The molecule has 158 valence electrons. The molecule has 30 heavy (non-hydrogen) atoms. The van der Waals surface area contributed by atoms with Crippen molar-refractivity contribution in [3.8, 4) is 5.75 Å². The molecule has 6 nitrogen and oxygen atoms in total. The van der Waals surface area contributed by atoms with Gasteiger partial charge in [0.2, 0.25) is 5.91 Å². The first kappa shape index (κ1) is 20.6. The van der Waals surface area contributed by atoms with E-state index in [1.54, 1.807) is 34.2 Å². The minimum absolute atomic E-state index is 0.0114. The summed E-state index contributed by atoms with van der Waals surface area (Å²) >= 11 is 1.65. The number of thiophene rings is 1. The van der Waals surface area contributed by atoms with Crippen LogP contribution in [0.4, 0.5) is 0 Å². The maximum Gasteiger partial charge on any atom is 0.262 e. The second kappa shape index (κ2) is 9.00. The predicted octanol–water partition coefficient (Wildman–Crippen LogP) is 3.57. The highest BCUT2D eigenvalue weighted by atomic mass is 32.1. The Hall–Kier alpha value is -2.67. The van der Waals surface area contributed by atoms with Crippen LogP contribution in [0.1, 0.15) is 35.3 Å². The molecule has 0 unspecified atom stereocenters. The van der Waals surface area contributed by atoms with Crippen LogP contribution in [0.2, 0.25) is 0 Å². The number of nitrogens with zero attached hydrogens (tertiary/aromatic N) is 3. The number of fused-ring (bicyclic) bond motifs is 3. The number of ether oxygens (including phenoxy) is 1. The van der Waals surface area contributed by atoms with Crippen molar-refractivity contribution < 1.29 is 9.53 Å². The second-order valence-corrected chi connectivity index (χ2v) is 8.90. The number of hydrogen-bond acceptors (Lipinski definition) is 5. The van der Waals surface area contributed by atoms with Gasteiger partial charge in [-0.1, -0.05) is 18.2 Å². The molecule has 2 heterocycles. The summed E-state index contributed by atoms with van der Waals surface area (Å²) in [5.74, 6) is 0.825. The lowest BCUT2D eigenvalue weighted by Crippen LogP contribution is -2.32. The number of benzene rings is 1. The zero-order valence-corrected chi connectivity index (χ0v) is 18.3. The molecular weight excluding hydrogens is 398 g/mol. The Kier molecular flexibility index (Phi) is 6.18. The summed E-state index contributed by atoms with van der Waals surface area (Å²) < 4.78 is 7.36. The van der Waals surface area contributed by atoms with Crippen LogP contribution in [0, 0.1) is 6.92 Å². The second-order valence-electron chi connectivity index (χ2n) is 7.81. The van der Waals surface area contributed by atoms with E-state index in [2.05, 4.69) is 4.98 Å². The third-order valence-electron chi connectivity index (χ3n) is 5.71. The molecule has 4 rings (SSSR count). The molecule has 1 amide bonds. The predicted molar refractivity (Wildman–Crippen MR) is 119 cm³/mol. The van der Waals surface area contributed by atoms with Crippen LogP contribution in [0.5, 0.6) is 5.75 Å². The highest BCUT2D eigenvalue weighted by Gasteiger charge is 2.20. The minimum Gasteiger partial charge on any atom is -0.491 e. The average Bonchev–Trinajstić information content (AvgIpc) is 3.13. The molecule has 1 aliphatic carbocycles. The number of aromatic nitrogens is 2. The lowest BCUT2D eigenvalue weighted by atomic mass is 9.97. The van der Waals surface area contributed by atoms with Gasteiger partial charge in [0.05, 0.1) is 18.3 Å². The Morgan fingerprint density at radius 3 is 2.90 bits per heavy atom. The highest BCUT2D eigenvalue weighted by molar-refractivity contribution is 7.18. The number of carbonyl (C=O) groups is 1. The first-order valence-electron chi connectivity index (χ1n) is 10.5. The zero-order chi connectivity index (χ0) is 21.1. The van der Waals surface area contributed by atoms with Gasteiger partial charge in [-0.25, -0.2) is 4.98 Å². The molecule has 0 bridgehead atoms. The Bertz CT molecular complexity index is 1120. The number of hydrogen-bond donors (Lipinski definition) is 0.